The monoisotopic (exact) mass is 362 g/mol. The topological polar surface area (TPSA) is 23.6 Å². The molecule has 132 valence electrons. The van der Waals surface area contributed by atoms with Crippen molar-refractivity contribution < 1.29 is 4.79 Å². The molecule has 4 rings (SSSR count). The Balaban J connectivity index is 1.52. The molecule has 0 bridgehead atoms. The van der Waals surface area contributed by atoms with Gasteiger partial charge in [-0.05, 0) is 22.6 Å². The number of thiophene rings is 1. The third-order valence-corrected chi connectivity index (χ3v) is 5.79. The van der Waals surface area contributed by atoms with Crippen molar-refractivity contribution in [1.29, 1.82) is 0 Å². The Kier molecular flexibility index (Phi) is 5.14. The van der Waals surface area contributed by atoms with E-state index >= 15 is 0 Å². The van der Waals surface area contributed by atoms with E-state index in [0.29, 0.717) is 0 Å². The number of benzene rings is 2. The van der Waals surface area contributed by atoms with Crippen LogP contribution >= 0.6 is 11.3 Å². The van der Waals surface area contributed by atoms with Gasteiger partial charge in [-0.15, -0.1) is 11.3 Å². The van der Waals surface area contributed by atoms with Crippen molar-refractivity contribution in [3.05, 3.63) is 94.2 Å². The molecule has 0 N–H and O–H groups in total. The van der Waals surface area contributed by atoms with Gasteiger partial charge in [-0.1, -0.05) is 66.7 Å². The van der Waals surface area contributed by atoms with Crippen molar-refractivity contribution in [1.82, 2.24) is 9.80 Å². The average molecular weight is 362 g/mol. The Morgan fingerprint density at radius 2 is 1.35 bits per heavy atom. The maximum atomic E-state index is 12.6. The first-order chi connectivity index (χ1) is 12.8. The van der Waals surface area contributed by atoms with E-state index in [1.165, 1.54) is 22.5 Å². The van der Waals surface area contributed by atoms with Gasteiger partial charge < -0.3 is 4.90 Å². The molecule has 3 aromatic rings. The zero-order valence-corrected chi connectivity index (χ0v) is 15.4. The van der Waals surface area contributed by atoms with Crippen LogP contribution in [-0.4, -0.2) is 41.9 Å². The zero-order chi connectivity index (χ0) is 17.8. The normalized spacial score (nSPS) is 15.3. The molecule has 2 aromatic carbocycles. The molecule has 0 aliphatic carbocycles. The van der Waals surface area contributed by atoms with E-state index in [2.05, 4.69) is 65.6 Å². The van der Waals surface area contributed by atoms with Gasteiger partial charge in [0.05, 0.1) is 10.9 Å². The number of hydrogen-bond donors (Lipinski definition) is 0. The molecule has 0 saturated carbocycles. The van der Waals surface area contributed by atoms with Crippen molar-refractivity contribution in [3.63, 3.8) is 0 Å². The molecule has 1 aliphatic rings. The number of nitrogens with zero attached hydrogens (tertiary/aromatic N) is 2. The van der Waals surface area contributed by atoms with E-state index < -0.39 is 0 Å². The van der Waals surface area contributed by atoms with Crippen LogP contribution in [0.2, 0.25) is 0 Å². The second kappa shape index (κ2) is 7.85. The number of rotatable bonds is 4. The Bertz CT molecular complexity index is 786. The van der Waals surface area contributed by atoms with Gasteiger partial charge in [0.15, 0.2) is 0 Å². The lowest BCUT2D eigenvalue weighted by Crippen LogP contribution is -2.49. The fourth-order valence-corrected chi connectivity index (χ4v) is 4.31. The summed E-state index contributed by atoms with van der Waals surface area (Å²) in [5.74, 6) is 0.163. The maximum Gasteiger partial charge on any atom is 0.264 e. The van der Waals surface area contributed by atoms with Crippen LogP contribution in [0.25, 0.3) is 0 Å². The lowest BCUT2D eigenvalue weighted by atomic mass is 9.96. The highest BCUT2D eigenvalue weighted by atomic mass is 32.1. The Morgan fingerprint density at radius 3 is 1.85 bits per heavy atom. The molecule has 1 saturated heterocycles. The third kappa shape index (κ3) is 3.57. The second-order valence-corrected chi connectivity index (χ2v) is 7.48. The lowest BCUT2D eigenvalue weighted by molar-refractivity contribution is 0.0602. The first-order valence-corrected chi connectivity index (χ1v) is 9.87. The minimum Gasteiger partial charge on any atom is -0.335 e. The van der Waals surface area contributed by atoms with E-state index in [4.69, 9.17) is 0 Å². The van der Waals surface area contributed by atoms with Crippen molar-refractivity contribution in [2.75, 3.05) is 26.2 Å². The quantitative estimate of drug-likeness (QED) is 0.691. The summed E-state index contributed by atoms with van der Waals surface area (Å²) in [7, 11) is 0. The summed E-state index contributed by atoms with van der Waals surface area (Å²) < 4.78 is 0. The van der Waals surface area contributed by atoms with Crippen LogP contribution in [0.5, 0.6) is 0 Å². The smallest absolute Gasteiger partial charge is 0.264 e. The first-order valence-electron chi connectivity index (χ1n) is 8.99. The predicted octanol–water partition coefficient (Wildman–Crippen LogP) is 4.30. The van der Waals surface area contributed by atoms with Crippen molar-refractivity contribution in [2.45, 2.75) is 6.04 Å². The molecule has 2 heterocycles. The van der Waals surface area contributed by atoms with Crippen molar-refractivity contribution in [2.24, 2.45) is 0 Å². The van der Waals surface area contributed by atoms with Gasteiger partial charge in [0, 0.05) is 26.2 Å². The Labute approximate surface area is 158 Å². The number of piperazine rings is 1. The molecule has 1 amide bonds. The molecule has 26 heavy (non-hydrogen) atoms. The van der Waals surface area contributed by atoms with E-state index in [-0.39, 0.29) is 11.9 Å². The van der Waals surface area contributed by atoms with Crippen LogP contribution < -0.4 is 0 Å². The summed E-state index contributed by atoms with van der Waals surface area (Å²) >= 11 is 1.52. The molecule has 3 nitrogen and oxygen atoms in total. The number of carbonyl (C=O) groups is 1. The van der Waals surface area contributed by atoms with E-state index in [1.54, 1.807) is 0 Å². The van der Waals surface area contributed by atoms with Gasteiger partial charge in [0.25, 0.3) is 5.91 Å². The third-order valence-electron chi connectivity index (χ3n) is 4.93. The summed E-state index contributed by atoms with van der Waals surface area (Å²) in [5.41, 5.74) is 2.61. The summed E-state index contributed by atoms with van der Waals surface area (Å²) in [6.45, 7) is 3.30. The summed E-state index contributed by atoms with van der Waals surface area (Å²) in [4.78, 5) is 17.9. The molecule has 0 spiro atoms. The second-order valence-electron chi connectivity index (χ2n) is 6.53. The summed E-state index contributed by atoms with van der Waals surface area (Å²) in [6.07, 6.45) is 0. The zero-order valence-electron chi connectivity index (χ0n) is 14.6. The first kappa shape index (κ1) is 17.0. The summed E-state index contributed by atoms with van der Waals surface area (Å²) in [5, 5.41) is 1.96. The van der Waals surface area contributed by atoms with Crippen LogP contribution in [0.1, 0.15) is 26.8 Å². The summed E-state index contributed by atoms with van der Waals surface area (Å²) in [6, 6.07) is 25.4. The van der Waals surface area contributed by atoms with Crippen LogP contribution in [0.4, 0.5) is 0 Å². The molecular weight excluding hydrogens is 340 g/mol. The van der Waals surface area contributed by atoms with Crippen LogP contribution in [-0.2, 0) is 0 Å². The van der Waals surface area contributed by atoms with Gasteiger partial charge in [0.1, 0.15) is 0 Å². The Morgan fingerprint density at radius 1 is 0.769 bits per heavy atom. The van der Waals surface area contributed by atoms with Crippen LogP contribution in [0.15, 0.2) is 78.2 Å². The highest BCUT2D eigenvalue weighted by Crippen LogP contribution is 2.29. The predicted molar refractivity (Wildman–Crippen MR) is 107 cm³/mol. The number of carbonyl (C=O) groups excluding carboxylic acids is 1. The lowest BCUT2D eigenvalue weighted by Gasteiger charge is -2.39. The molecule has 1 aromatic heterocycles. The van der Waals surface area contributed by atoms with Crippen molar-refractivity contribution >= 4 is 17.2 Å². The maximum absolute atomic E-state index is 12.6. The molecule has 0 unspecified atom stereocenters. The van der Waals surface area contributed by atoms with Gasteiger partial charge in [0.2, 0.25) is 0 Å². The number of hydrogen-bond acceptors (Lipinski definition) is 3. The van der Waals surface area contributed by atoms with Crippen LogP contribution in [0, 0.1) is 0 Å². The largest absolute Gasteiger partial charge is 0.335 e. The average Bonchev–Trinajstić information content (AvgIpc) is 3.25. The van der Waals surface area contributed by atoms with E-state index in [0.717, 1.165) is 31.1 Å². The molecule has 4 heteroatoms. The van der Waals surface area contributed by atoms with Gasteiger partial charge in [-0.2, -0.15) is 0 Å². The van der Waals surface area contributed by atoms with Gasteiger partial charge in [-0.25, -0.2) is 0 Å². The molecule has 1 aliphatic heterocycles. The molecule has 0 atom stereocenters. The minimum atomic E-state index is 0.163. The SMILES string of the molecule is O=C(c1cccs1)N1CCN(C(c2ccccc2)c2ccccc2)CC1. The van der Waals surface area contributed by atoms with Gasteiger partial charge in [-0.3, -0.25) is 9.69 Å². The fourth-order valence-electron chi connectivity index (χ4n) is 3.62. The minimum absolute atomic E-state index is 0.163. The van der Waals surface area contributed by atoms with E-state index in [1.807, 2.05) is 22.4 Å². The highest BCUT2D eigenvalue weighted by molar-refractivity contribution is 7.12. The van der Waals surface area contributed by atoms with Crippen molar-refractivity contribution in [3.8, 4) is 0 Å². The molecule has 1 fully saturated rings. The Hall–Kier alpha value is -2.43. The standard InChI is InChI=1S/C22H22N2OS/c25-22(20-12-7-17-26-20)24-15-13-23(14-16-24)21(18-8-3-1-4-9-18)19-10-5-2-6-11-19/h1-12,17,21H,13-16H2. The molecular formula is C22H22N2OS. The molecule has 0 radical (unpaired) electrons. The number of amides is 1. The fraction of sp³-hybridized carbons (Fsp3) is 0.227. The van der Waals surface area contributed by atoms with Crippen LogP contribution in [0.3, 0.4) is 0 Å². The van der Waals surface area contributed by atoms with Gasteiger partial charge >= 0.3 is 0 Å². The van der Waals surface area contributed by atoms with E-state index in [9.17, 15) is 4.79 Å². The highest BCUT2D eigenvalue weighted by Gasteiger charge is 2.28.